The van der Waals surface area contributed by atoms with Crippen LogP contribution in [0.3, 0.4) is 0 Å². The van der Waals surface area contributed by atoms with E-state index in [9.17, 15) is 4.79 Å². The average molecular weight is 297 g/mol. The van der Waals surface area contributed by atoms with E-state index in [0.717, 1.165) is 30.4 Å². The minimum Gasteiger partial charge on any atom is -0.398 e. The van der Waals surface area contributed by atoms with Gasteiger partial charge >= 0.3 is 0 Å². The minimum absolute atomic E-state index is 0.118. The van der Waals surface area contributed by atoms with Crippen LogP contribution in [0.4, 0.5) is 5.69 Å². The third-order valence-corrected chi connectivity index (χ3v) is 3.83. The van der Waals surface area contributed by atoms with E-state index in [1.54, 1.807) is 12.1 Å². The summed E-state index contributed by atoms with van der Waals surface area (Å²) in [5, 5.41) is 0. The van der Waals surface area contributed by atoms with Crippen LogP contribution in [0.1, 0.15) is 36.0 Å². The quantitative estimate of drug-likeness (QED) is 0.810. The van der Waals surface area contributed by atoms with E-state index in [1.165, 1.54) is 12.8 Å². The van der Waals surface area contributed by atoms with Crippen LogP contribution >= 0.6 is 15.9 Å². The molecular formula is C13H17BrN2O. The molecule has 3 nitrogen and oxygen atoms in total. The fourth-order valence-electron chi connectivity index (χ4n) is 2.12. The summed E-state index contributed by atoms with van der Waals surface area (Å²) in [6, 6.07) is 5.38. The van der Waals surface area contributed by atoms with Gasteiger partial charge in [0, 0.05) is 28.8 Å². The highest BCUT2D eigenvalue weighted by atomic mass is 79.9. The molecule has 92 valence electrons. The molecule has 1 amide bonds. The number of nitrogens with two attached hydrogens (primary N) is 1. The summed E-state index contributed by atoms with van der Waals surface area (Å²) in [4.78, 5) is 14.2. The minimum atomic E-state index is 0.118. The molecule has 0 aliphatic carbocycles. The van der Waals surface area contributed by atoms with Gasteiger partial charge in [0.1, 0.15) is 0 Å². The van der Waals surface area contributed by atoms with Gasteiger partial charge in [0.2, 0.25) is 0 Å². The second-order valence-electron chi connectivity index (χ2n) is 4.44. The number of likely N-dealkylation sites (tertiary alicyclic amines) is 1. The van der Waals surface area contributed by atoms with Crippen LogP contribution in [0.25, 0.3) is 0 Å². The highest BCUT2D eigenvalue weighted by Crippen LogP contribution is 2.22. The molecule has 1 fully saturated rings. The van der Waals surface area contributed by atoms with Gasteiger partial charge < -0.3 is 10.6 Å². The lowest BCUT2D eigenvalue weighted by atomic mass is 10.2. The standard InChI is InChI=1S/C13H17BrN2O/c14-11-9-10(5-6-12(11)15)13(17)16-7-3-1-2-4-8-16/h5-6,9H,1-4,7-8,15H2. The second kappa shape index (κ2) is 5.54. The van der Waals surface area contributed by atoms with E-state index in [0.29, 0.717) is 11.3 Å². The molecular weight excluding hydrogens is 280 g/mol. The van der Waals surface area contributed by atoms with Crippen molar-refractivity contribution in [1.82, 2.24) is 4.90 Å². The normalized spacial score (nSPS) is 16.6. The zero-order valence-corrected chi connectivity index (χ0v) is 11.4. The van der Waals surface area contributed by atoms with E-state index in [2.05, 4.69) is 15.9 Å². The van der Waals surface area contributed by atoms with Crippen LogP contribution in [0.5, 0.6) is 0 Å². The van der Waals surface area contributed by atoms with Crippen LogP contribution in [0, 0.1) is 0 Å². The maximum atomic E-state index is 12.3. The summed E-state index contributed by atoms with van der Waals surface area (Å²) in [6.07, 6.45) is 4.69. The van der Waals surface area contributed by atoms with E-state index in [1.807, 2.05) is 11.0 Å². The Bertz CT molecular complexity index is 412. The first-order chi connectivity index (χ1) is 8.18. The van der Waals surface area contributed by atoms with Crippen molar-refractivity contribution in [1.29, 1.82) is 0 Å². The predicted octanol–water partition coefficient (Wildman–Crippen LogP) is 3.05. The Labute approximate surface area is 110 Å². The maximum Gasteiger partial charge on any atom is 0.253 e. The molecule has 0 saturated carbocycles. The smallest absolute Gasteiger partial charge is 0.253 e. The van der Waals surface area contributed by atoms with Crippen LogP contribution < -0.4 is 5.73 Å². The predicted molar refractivity (Wildman–Crippen MR) is 72.9 cm³/mol. The van der Waals surface area contributed by atoms with E-state index < -0.39 is 0 Å². The van der Waals surface area contributed by atoms with Crippen molar-refractivity contribution < 1.29 is 4.79 Å². The molecule has 1 aliphatic rings. The molecule has 0 unspecified atom stereocenters. The Hall–Kier alpha value is -1.03. The molecule has 2 rings (SSSR count). The molecule has 17 heavy (non-hydrogen) atoms. The Morgan fingerprint density at radius 3 is 2.41 bits per heavy atom. The van der Waals surface area contributed by atoms with Crippen LogP contribution in [-0.4, -0.2) is 23.9 Å². The summed E-state index contributed by atoms with van der Waals surface area (Å²) in [5.41, 5.74) is 7.10. The maximum absolute atomic E-state index is 12.3. The van der Waals surface area contributed by atoms with E-state index in [-0.39, 0.29) is 5.91 Å². The van der Waals surface area contributed by atoms with Gasteiger partial charge in [-0.3, -0.25) is 4.79 Å². The van der Waals surface area contributed by atoms with Gasteiger partial charge in [0.25, 0.3) is 5.91 Å². The Kier molecular flexibility index (Phi) is 4.05. The van der Waals surface area contributed by atoms with E-state index in [4.69, 9.17) is 5.73 Å². The Morgan fingerprint density at radius 2 is 1.82 bits per heavy atom. The van der Waals surface area contributed by atoms with Crippen molar-refractivity contribution in [3.8, 4) is 0 Å². The molecule has 1 saturated heterocycles. The van der Waals surface area contributed by atoms with Crippen molar-refractivity contribution >= 4 is 27.5 Å². The van der Waals surface area contributed by atoms with Gasteiger partial charge in [0.05, 0.1) is 0 Å². The Morgan fingerprint density at radius 1 is 1.18 bits per heavy atom. The first-order valence-electron chi connectivity index (χ1n) is 6.03. The lowest BCUT2D eigenvalue weighted by Gasteiger charge is -2.20. The summed E-state index contributed by atoms with van der Waals surface area (Å²) < 4.78 is 0.790. The van der Waals surface area contributed by atoms with Crippen LogP contribution in [-0.2, 0) is 0 Å². The van der Waals surface area contributed by atoms with Crippen LogP contribution in [0.2, 0.25) is 0 Å². The first-order valence-corrected chi connectivity index (χ1v) is 6.82. The third-order valence-electron chi connectivity index (χ3n) is 3.14. The largest absolute Gasteiger partial charge is 0.398 e. The van der Waals surface area contributed by atoms with E-state index >= 15 is 0 Å². The summed E-state index contributed by atoms with van der Waals surface area (Å²) >= 11 is 3.36. The average Bonchev–Trinajstić information content (AvgIpc) is 2.60. The second-order valence-corrected chi connectivity index (χ2v) is 5.30. The summed E-state index contributed by atoms with van der Waals surface area (Å²) in [5.74, 6) is 0.118. The zero-order chi connectivity index (χ0) is 12.3. The number of carbonyl (C=O) groups excluding carboxylic acids is 1. The van der Waals surface area contributed by atoms with Crippen molar-refractivity contribution in [2.45, 2.75) is 25.7 Å². The molecule has 1 aliphatic heterocycles. The molecule has 2 N–H and O–H groups in total. The summed E-state index contributed by atoms with van der Waals surface area (Å²) in [6.45, 7) is 1.75. The zero-order valence-electron chi connectivity index (χ0n) is 9.79. The molecule has 4 heteroatoms. The van der Waals surface area contributed by atoms with Gasteiger partial charge in [0.15, 0.2) is 0 Å². The number of anilines is 1. The van der Waals surface area contributed by atoms with Crippen molar-refractivity contribution in [3.05, 3.63) is 28.2 Å². The number of halogens is 1. The molecule has 0 aromatic heterocycles. The molecule has 0 bridgehead atoms. The van der Waals surface area contributed by atoms with Crippen LogP contribution in [0.15, 0.2) is 22.7 Å². The van der Waals surface area contributed by atoms with Gasteiger partial charge in [-0.2, -0.15) is 0 Å². The number of nitrogens with zero attached hydrogens (tertiary/aromatic N) is 1. The number of hydrogen-bond acceptors (Lipinski definition) is 2. The fraction of sp³-hybridized carbons (Fsp3) is 0.462. The SMILES string of the molecule is Nc1ccc(C(=O)N2CCCCCC2)cc1Br. The molecule has 1 aromatic rings. The van der Waals surface area contributed by atoms with Gasteiger partial charge in [-0.15, -0.1) is 0 Å². The van der Waals surface area contributed by atoms with Gasteiger partial charge in [-0.05, 0) is 47.0 Å². The lowest BCUT2D eigenvalue weighted by Crippen LogP contribution is -2.31. The van der Waals surface area contributed by atoms with Gasteiger partial charge in [-0.25, -0.2) is 0 Å². The number of carbonyl (C=O) groups is 1. The van der Waals surface area contributed by atoms with Crippen molar-refractivity contribution in [2.24, 2.45) is 0 Å². The number of amides is 1. The molecule has 1 heterocycles. The Balaban J connectivity index is 2.14. The lowest BCUT2D eigenvalue weighted by molar-refractivity contribution is 0.0761. The highest BCUT2D eigenvalue weighted by Gasteiger charge is 2.17. The third kappa shape index (κ3) is 3.00. The number of nitrogen functional groups attached to an aromatic ring is 1. The molecule has 1 aromatic carbocycles. The van der Waals surface area contributed by atoms with Crippen molar-refractivity contribution in [2.75, 3.05) is 18.8 Å². The highest BCUT2D eigenvalue weighted by molar-refractivity contribution is 9.10. The topological polar surface area (TPSA) is 46.3 Å². The number of rotatable bonds is 1. The van der Waals surface area contributed by atoms with Gasteiger partial charge in [-0.1, -0.05) is 12.8 Å². The fourth-order valence-corrected chi connectivity index (χ4v) is 2.50. The van der Waals surface area contributed by atoms with Crippen molar-refractivity contribution in [3.63, 3.8) is 0 Å². The first kappa shape index (κ1) is 12.4. The summed E-state index contributed by atoms with van der Waals surface area (Å²) in [7, 11) is 0. The molecule has 0 atom stereocenters. The number of hydrogen-bond donors (Lipinski definition) is 1. The monoisotopic (exact) mass is 296 g/mol. The number of benzene rings is 1. The molecule has 0 radical (unpaired) electrons. The molecule has 0 spiro atoms.